The average Bonchev–Trinajstić information content (AvgIpc) is 3.50. The van der Waals surface area contributed by atoms with Crippen LogP contribution in [0, 0.1) is 0 Å². The molecule has 1 aliphatic carbocycles. The molecule has 0 radical (unpaired) electrons. The molecule has 3 aromatic rings. The van der Waals surface area contributed by atoms with Crippen molar-refractivity contribution >= 4 is 27.5 Å². The Labute approximate surface area is 190 Å². The van der Waals surface area contributed by atoms with E-state index in [1.165, 1.54) is 0 Å². The number of fused-ring (bicyclic) bond motifs is 1. The van der Waals surface area contributed by atoms with Gasteiger partial charge in [0.15, 0.2) is 23.0 Å². The van der Waals surface area contributed by atoms with Gasteiger partial charge in [-0.15, -0.1) is 0 Å². The summed E-state index contributed by atoms with van der Waals surface area (Å²) in [5, 5.41) is 19.1. The number of nitrogens with two attached hydrogens (primary N) is 1. The first-order chi connectivity index (χ1) is 15.6. The van der Waals surface area contributed by atoms with Crippen LogP contribution < -0.4 is 15.2 Å². The van der Waals surface area contributed by atoms with E-state index < -0.39 is 16.1 Å². The molecule has 0 bridgehead atoms. The van der Waals surface area contributed by atoms with Crippen LogP contribution in [0.4, 0.5) is 4.79 Å². The number of aromatic nitrogens is 3. The summed E-state index contributed by atoms with van der Waals surface area (Å²) in [5.41, 5.74) is 3.26. The first kappa shape index (κ1) is 24.1. The van der Waals surface area contributed by atoms with Crippen molar-refractivity contribution in [3.8, 4) is 17.0 Å². The molecule has 0 unspecified atom stereocenters. The molecule has 33 heavy (non-hydrogen) atoms. The van der Waals surface area contributed by atoms with Crippen LogP contribution in [0.15, 0.2) is 36.4 Å². The summed E-state index contributed by atoms with van der Waals surface area (Å²) in [7, 11) is -1.91. The third-order valence-corrected chi connectivity index (χ3v) is 5.63. The van der Waals surface area contributed by atoms with Crippen LogP contribution >= 0.6 is 0 Å². The molecule has 2 heterocycles. The van der Waals surface area contributed by atoms with E-state index >= 15 is 0 Å². The summed E-state index contributed by atoms with van der Waals surface area (Å²) in [6.07, 6.45) is 1.03. The minimum atomic E-state index is -3.55. The molecule has 4 rings (SSSR count). The smallest absolute Gasteiger partial charge is 0.404 e. The van der Waals surface area contributed by atoms with Gasteiger partial charge in [0.2, 0.25) is 10.0 Å². The van der Waals surface area contributed by atoms with E-state index in [0.717, 1.165) is 35.6 Å². The second kappa shape index (κ2) is 9.96. The summed E-state index contributed by atoms with van der Waals surface area (Å²) in [6, 6.07) is 11.4. The summed E-state index contributed by atoms with van der Waals surface area (Å²) in [4.78, 5) is 26.0. The van der Waals surface area contributed by atoms with Gasteiger partial charge in [0.1, 0.15) is 0 Å². The molecule has 176 valence electrons. The maximum absolute atomic E-state index is 11.6. The Morgan fingerprint density at radius 3 is 2.58 bits per heavy atom. The van der Waals surface area contributed by atoms with Gasteiger partial charge in [0, 0.05) is 23.6 Å². The van der Waals surface area contributed by atoms with Crippen molar-refractivity contribution in [2.24, 2.45) is 5.14 Å². The van der Waals surface area contributed by atoms with Crippen molar-refractivity contribution in [2.75, 3.05) is 19.4 Å². The second-order valence-corrected chi connectivity index (χ2v) is 9.24. The van der Waals surface area contributed by atoms with Crippen LogP contribution in [0.5, 0.6) is 5.75 Å². The Bertz CT molecular complexity index is 1280. The molecule has 1 aliphatic rings. The van der Waals surface area contributed by atoms with Crippen LogP contribution in [0.1, 0.15) is 41.9 Å². The monoisotopic (exact) mass is 475 g/mol. The molecule has 12 heteroatoms. The Balaban J connectivity index is 0.000000262. The van der Waals surface area contributed by atoms with Gasteiger partial charge in [-0.1, -0.05) is 18.2 Å². The molecule has 4 N–H and O–H groups in total. The normalized spacial score (nSPS) is 13.2. The van der Waals surface area contributed by atoms with Gasteiger partial charge in [-0.3, -0.25) is 4.79 Å². The molecule has 1 amide bonds. The number of hydrogen-bond donors (Lipinski definition) is 3. The van der Waals surface area contributed by atoms with E-state index in [2.05, 4.69) is 15.2 Å². The van der Waals surface area contributed by atoms with Gasteiger partial charge >= 0.3 is 6.09 Å². The topological polar surface area (TPSA) is 166 Å². The number of methoxy groups -OCH3 is 1. The number of Topliss-reactive ketones (excluding diaryl/α,β-unsaturated/α-hetero) is 1. The number of primary sulfonamides is 1. The van der Waals surface area contributed by atoms with Crippen molar-refractivity contribution in [3.05, 3.63) is 47.8 Å². The number of hydrogen-bond acceptors (Lipinski definition) is 7. The number of rotatable bonds is 7. The summed E-state index contributed by atoms with van der Waals surface area (Å²) in [6.45, 7) is 1.40. The Morgan fingerprint density at radius 2 is 2.00 bits per heavy atom. The number of amides is 1. The van der Waals surface area contributed by atoms with Gasteiger partial charge < -0.3 is 15.2 Å². The lowest BCUT2D eigenvalue weighted by Gasteiger charge is -2.08. The van der Waals surface area contributed by atoms with Crippen molar-refractivity contribution < 1.29 is 27.9 Å². The molecule has 0 spiro atoms. The zero-order valence-corrected chi connectivity index (χ0v) is 19.0. The van der Waals surface area contributed by atoms with E-state index in [0.29, 0.717) is 17.2 Å². The predicted octanol–water partition coefficient (Wildman–Crippen LogP) is 2.03. The number of carboxylic acid groups (broad SMARTS) is 1. The van der Waals surface area contributed by atoms with E-state index in [4.69, 9.17) is 9.84 Å². The second-order valence-electron chi connectivity index (χ2n) is 7.50. The number of carbonyl (C=O) groups is 2. The molecule has 0 atom stereocenters. The Hall–Kier alpha value is -3.51. The molecule has 11 nitrogen and oxygen atoms in total. The highest BCUT2D eigenvalue weighted by molar-refractivity contribution is 7.89. The van der Waals surface area contributed by atoms with Crippen molar-refractivity contribution in [3.63, 3.8) is 0 Å². The van der Waals surface area contributed by atoms with Gasteiger partial charge in [0.05, 0.1) is 18.6 Å². The first-order valence-electron chi connectivity index (χ1n) is 10.1. The quantitative estimate of drug-likeness (QED) is 0.436. The third-order valence-electron chi connectivity index (χ3n) is 4.85. The lowest BCUT2D eigenvalue weighted by molar-refractivity contribution is 0.101. The molecule has 1 saturated carbocycles. The zero-order chi connectivity index (χ0) is 24.2. The highest BCUT2D eigenvalue weighted by atomic mass is 32.2. The molecule has 0 saturated heterocycles. The SMILES string of the molecule is COc1ccc(-c2cccc(C(C)=O)c2)n2nc(C3CC3)nc12.NS(=O)(=O)CCNC(=O)O. The van der Waals surface area contributed by atoms with Crippen LogP contribution in [-0.2, 0) is 10.0 Å². The third kappa shape index (κ3) is 6.49. The number of ketones is 1. The number of sulfonamides is 1. The number of nitrogens with one attached hydrogen (secondary N) is 1. The summed E-state index contributed by atoms with van der Waals surface area (Å²) >= 11 is 0. The Kier molecular flexibility index (Phi) is 7.29. The average molecular weight is 476 g/mol. The molecular formula is C21H25N5O6S. The Morgan fingerprint density at radius 1 is 1.27 bits per heavy atom. The van der Waals surface area contributed by atoms with Gasteiger partial charge in [-0.2, -0.15) is 5.10 Å². The van der Waals surface area contributed by atoms with E-state index in [9.17, 15) is 18.0 Å². The highest BCUT2D eigenvalue weighted by Crippen LogP contribution is 2.39. The van der Waals surface area contributed by atoms with E-state index in [1.54, 1.807) is 14.0 Å². The lowest BCUT2D eigenvalue weighted by atomic mass is 10.1. The predicted molar refractivity (Wildman–Crippen MR) is 121 cm³/mol. The number of ether oxygens (including phenoxy) is 1. The lowest BCUT2D eigenvalue weighted by Crippen LogP contribution is -2.30. The molecule has 0 aliphatic heterocycles. The van der Waals surface area contributed by atoms with Crippen LogP contribution in [-0.4, -0.2) is 59.4 Å². The fourth-order valence-electron chi connectivity index (χ4n) is 3.05. The minimum absolute atomic E-state index is 0.0499. The van der Waals surface area contributed by atoms with Crippen LogP contribution in [0.25, 0.3) is 16.9 Å². The largest absolute Gasteiger partial charge is 0.493 e. The molecule has 2 aromatic heterocycles. The zero-order valence-electron chi connectivity index (χ0n) is 18.2. The number of carbonyl (C=O) groups excluding carboxylic acids is 1. The number of pyridine rings is 1. The maximum Gasteiger partial charge on any atom is 0.404 e. The maximum atomic E-state index is 11.6. The van der Waals surface area contributed by atoms with E-state index in [1.807, 2.05) is 46.2 Å². The summed E-state index contributed by atoms with van der Waals surface area (Å²) in [5.74, 6) is 1.72. The number of benzene rings is 1. The number of nitrogens with zero attached hydrogens (tertiary/aromatic N) is 3. The minimum Gasteiger partial charge on any atom is -0.493 e. The van der Waals surface area contributed by atoms with Crippen molar-refractivity contribution in [1.29, 1.82) is 0 Å². The van der Waals surface area contributed by atoms with Crippen molar-refractivity contribution in [1.82, 2.24) is 19.9 Å². The molecular weight excluding hydrogens is 450 g/mol. The standard InChI is InChI=1S/C18H17N3O2.C3H8N2O4S/c1-11(22)13-4-3-5-14(10-13)15-8-9-16(23-2)18-19-17(12-6-7-12)20-21(15)18;4-10(8,9)2-1-5-3(6)7/h3-5,8-10,12H,6-7H2,1-2H3;5H,1-2H2,(H,6,7)(H2,4,8,9). The van der Waals surface area contributed by atoms with Crippen LogP contribution in [0.2, 0.25) is 0 Å². The molecule has 1 aromatic carbocycles. The van der Waals surface area contributed by atoms with E-state index in [-0.39, 0.29) is 18.1 Å². The highest BCUT2D eigenvalue weighted by Gasteiger charge is 2.29. The van der Waals surface area contributed by atoms with Crippen LogP contribution in [0.3, 0.4) is 0 Å². The summed E-state index contributed by atoms with van der Waals surface area (Å²) < 4.78 is 27.6. The fraction of sp³-hybridized carbons (Fsp3) is 0.333. The van der Waals surface area contributed by atoms with Crippen molar-refractivity contribution in [2.45, 2.75) is 25.7 Å². The fourth-order valence-corrected chi connectivity index (χ4v) is 3.43. The first-order valence-corrected chi connectivity index (χ1v) is 11.8. The molecule has 1 fully saturated rings. The van der Waals surface area contributed by atoms with Gasteiger partial charge in [0.25, 0.3) is 0 Å². The van der Waals surface area contributed by atoms with Gasteiger partial charge in [-0.05, 0) is 38.0 Å². The van der Waals surface area contributed by atoms with Gasteiger partial charge in [-0.25, -0.2) is 27.9 Å².